The lowest BCUT2D eigenvalue weighted by Crippen LogP contribution is -2.77. The Hall–Kier alpha value is -1.51. The predicted octanol–water partition coefficient (Wildman–Crippen LogP) is 7.26. The molecule has 0 aliphatic rings. The first kappa shape index (κ1) is 32.5. The predicted molar refractivity (Wildman–Crippen MR) is 62.2 cm³/mol. The van der Waals surface area contributed by atoms with E-state index < -0.39 is 66.3 Å². The van der Waals surface area contributed by atoms with Crippen molar-refractivity contribution in [1.29, 1.82) is 0 Å². The van der Waals surface area contributed by atoms with E-state index in [1.54, 1.807) is 0 Å². The molecule has 0 atom stereocenters. The standard InChI is InChI=1S/C12H5F21O/c1-2-34-12(32,33)10(27,28)8(23,24)6(19,20)4(15,16)3(13,14)5(17,18)7(21,22)9(25,26)11(29,30)31/h2H2,1H3. The number of rotatable bonds is 10. The third-order valence-corrected chi connectivity index (χ3v) is 3.81. The van der Waals surface area contributed by atoms with Crippen molar-refractivity contribution < 1.29 is 96.9 Å². The highest BCUT2D eigenvalue weighted by molar-refractivity contribution is 5.17. The molecular formula is C12H5F21O. The summed E-state index contributed by atoms with van der Waals surface area (Å²) < 4.78 is 274. The summed E-state index contributed by atoms with van der Waals surface area (Å²) in [6, 6.07) is 0. The Kier molecular flexibility index (Phi) is 7.65. The van der Waals surface area contributed by atoms with Crippen LogP contribution >= 0.6 is 0 Å². The minimum absolute atomic E-state index is 0.256. The molecule has 0 spiro atoms. The molecule has 0 radical (unpaired) electrons. The van der Waals surface area contributed by atoms with Crippen LogP contribution in [0.4, 0.5) is 92.2 Å². The third kappa shape index (κ3) is 3.80. The first-order valence-corrected chi connectivity index (χ1v) is 7.42. The van der Waals surface area contributed by atoms with Crippen LogP contribution in [0.5, 0.6) is 0 Å². The second-order valence-electron chi connectivity index (χ2n) is 6.04. The smallest absolute Gasteiger partial charge is 0.316 e. The van der Waals surface area contributed by atoms with Crippen LogP contribution in [0.3, 0.4) is 0 Å². The zero-order valence-corrected chi connectivity index (χ0v) is 15.1. The van der Waals surface area contributed by atoms with Gasteiger partial charge >= 0.3 is 59.7 Å². The van der Waals surface area contributed by atoms with Crippen molar-refractivity contribution >= 4 is 0 Å². The van der Waals surface area contributed by atoms with Gasteiger partial charge in [-0.25, -0.2) is 0 Å². The lowest BCUT2D eigenvalue weighted by Gasteiger charge is -2.44. The van der Waals surface area contributed by atoms with Crippen molar-refractivity contribution in [2.45, 2.75) is 66.6 Å². The number of halogens is 21. The maximum absolute atomic E-state index is 13.4. The molecule has 0 unspecified atom stereocenters. The molecule has 22 heteroatoms. The van der Waals surface area contributed by atoms with Crippen molar-refractivity contribution in [1.82, 2.24) is 0 Å². The Morgan fingerprint density at radius 3 is 0.765 bits per heavy atom. The van der Waals surface area contributed by atoms with Crippen LogP contribution in [-0.2, 0) is 4.74 Å². The molecule has 0 amide bonds. The normalized spacial score (nSPS) is 16.8. The van der Waals surface area contributed by atoms with Crippen LogP contribution in [0.2, 0.25) is 0 Å². The molecule has 0 bridgehead atoms. The first-order chi connectivity index (χ1) is 14.3. The maximum Gasteiger partial charge on any atom is 0.460 e. The van der Waals surface area contributed by atoms with Gasteiger partial charge in [-0.05, 0) is 6.92 Å². The maximum atomic E-state index is 13.4. The number of ether oxygens (including phenoxy) is 1. The van der Waals surface area contributed by atoms with Gasteiger partial charge in [0.15, 0.2) is 0 Å². The second-order valence-corrected chi connectivity index (χ2v) is 6.04. The van der Waals surface area contributed by atoms with Gasteiger partial charge in [0.1, 0.15) is 0 Å². The van der Waals surface area contributed by atoms with Crippen LogP contribution in [0, 0.1) is 0 Å². The van der Waals surface area contributed by atoms with Crippen molar-refractivity contribution in [2.24, 2.45) is 0 Å². The van der Waals surface area contributed by atoms with Crippen molar-refractivity contribution in [3.63, 3.8) is 0 Å². The van der Waals surface area contributed by atoms with E-state index in [0.29, 0.717) is 0 Å². The molecule has 0 N–H and O–H groups in total. The SMILES string of the molecule is CCOC(F)(F)C(F)(F)C(F)(F)C(F)(F)C(F)(F)C(F)(F)C(F)(F)C(F)(F)C(F)(F)C(F)(F)F. The van der Waals surface area contributed by atoms with E-state index >= 15 is 0 Å². The van der Waals surface area contributed by atoms with E-state index in [2.05, 4.69) is 4.74 Å². The Bertz CT molecular complexity index is 731. The topological polar surface area (TPSA) is 9.23 Å². The Morgan fingerprint density at radius 2 is 0.559 bits per heavy atom. The van der Waals surface area contributed by atoms with Crippen LogP contribution in [0.15, 0.2) is 0 Å². The summed E-state index contributed by atoms with van der Waals surface area (Å²) in [5, 5.41) is 0. The molecule has 0 aliphatic carbocycles. The van der Waals surface area contributed by atoms with Crippen molar-refractivity contribution in [3.05, 3.63) is 0 Å². The average Bonchev–Trinajstić information content (AvgIpc) is 2.59. The second kappa shape index (κ2) is 8.00. The monoisotopic (exact) mass is 564 g/mol. The molecule has 0 saturated carbocycles. The summed E-state index contributed by atoms with van der Waals surface area (Å²) in [7, 11) is 0. The molecular weight excluding hydrogens is 559 g/mol. The molecule has 0 saturated heterocycles. The van der Waals surface area contributed by atoms with Gasteiger partial charge < -0.3 is 4.74 Å². The lowest BCUT2D eigenvalue weighted by atomic mass is 9.87. The Balaban J connectivity index is 7.01. The van der Waals surface area contributed by atoms with Crippen LogP contribution < -0.4 is 0 Å². The van der Waals surface area contributed by atoms with Crippen LogP contribution in [0.1, 0.15) is 6.92 Å². The lowest BCUT2D eigenvalue weighted by molar-refractivity contribution is -0.484. The summed E-state index contributed by atoms with van der Waals surface area (Å²) in [5.41, 5.74) is 0. The summed E-state index contributed by atoms with van der Waals surface area (Å²) in [4.78, 5) is 0. The van der Waals surface area contributed by atoms with Gasteiger partial charge in [0.25, 0.3) is 0 Å². The highest BCUT2D eigenvalue weighted by Gasteiger charge is 2.98. The van der Waals surface area contributed by atoms with Gasteiger partial charge in [-0.3, -0.25) is 0 Å². The van der Waals surface area contributed by atoms with E-state index in [4.69, 9.17) is 0 Å². The molecule has 0 fully saturated rings. The highest BCUT2D eigenvalue weighted by atomic mass is 19.4. The molecule has 0 heterocycles. The highest BCUT2D eigenvalue weighted by Crippen LogP contribution is 2.66. The van der Waals surface area contributed by atoms with Crippen LogP contribution in [0.25, 0.3) is 0 Å². The van der Waals surface area contributed by atoms with Gasteiger partial charge in [0.2, 0.25) is 0 Å². The summed E-state index contributed by atoms with van der Waals surface area (Å²) in [6.45, 7) is -1.56. The molecule has 0 aromatic carbocycles. The molecule has 0 aliphatic heterocycles. The molecule has 206 valence electrons. The van der Waals surface area contributed by atoms with E-state index in [0.717, 1.165) is 0 Å². The molecule has 0 aromatic heterocycles. The number of hydrogen-bond acceptors (Lipinski definition) is 1. The van der Waals surface area contributed by atoms with E-state index in [-0.39, 0.29) is 6.92 Å². The third-order valence-electron chi connectivity index (χ3n) is 3.81. The van der Waals surface area contributed by atoms with E-state index in [9.17, 15) is 92.2 Å². The van der Waals surface area contributed by atoms with E-state index in [1.165, 1.54) is 0 Å². The fourth-order valence-electron chi connectivity index (χ4n) is 1.82. The van der Waals surface area contributed by atoms with Gasteiger partial charge in [0, 0.05) is 0 Å². The molecule has 34 heavy (non-hydrogen) atoms. The Morgan fingerprint density at radius 1 is 0.353 bits per heavy atom. The molecule has 0 aromatic rings. The Labute approximate surface area is 171 Å². The summed E-state index contributed by atoms with van der Waals surface area (Å²) >= 11 is 0. The van der Waals surface area contributed by atoms with Crippen molar-refractivity contribution in [3.8, 4) is 0 Å². The zero-order valence-electron chi connectivity index (χ0n) is 15.1. The fraction of sp³-hybridized carbons (Fsp3) is 1.00. The van der Waals surface area contributed by atoms with Gasteiger partial charge in [-0.15, -0.1) is 0 Å². The van der Waals surface area contributed by atoms with E-state index in [1.807, 2.05) is 0 Å². The van der Waals surface area contributed by atoms with Gasteiger partial charge in [-0.2, -0.15) is 92.2 Å². The first-order valence-electron chi connectivity index (χ1n) is 7.42. The van der Waals surface area contributed by atoms with Gasteiger partial charge in [0.05, 0.1) is 6.61 Å². The van der Waals surface area contributed by atoms with Crippen molar-refractivity contribution in [2.75, 3.05) is 6.61 Å². The summed E-state index contributed by atoms with van der Waals surface area (Å²) in [6.07, 6.45) is -15.0. The van der Waals surface area contributed by atoms with Crippen LogP contribution in [-0.4, -0.2) is 66.3 Å². The number of alkyl halides is 21. The zero-order chi connectivity index (χ0) is 28.4. The largest absolute Gasteiger partial charge is 0.460 e. The summed E-state index contributed by atoms with van der Waals surface area (Å²) in [5.74, 6) is -70.3. The minimum atomic E-state index is -9.16. The average molecular weight is 564 g/mol. The quantitative estimate of drug-likeness (QED) is 0.254. The number of hydrogen-bond donors (Lipinski definition) is 0. The molecule has 0 rings (SSSR count). The van der Waals surface area contributed by atoms with Gasteiger partial charge in [-0.1, -0.05) is 0 Å². The molecule has 1 nitrogen and oxygen atoms in total. The fourth-order valence-corrected chi connectivity index (χ4v) is 1.82. The minimum Gasteiger partial charge on any atom is -0.316 e.